The highest BCUT2D eigenvalue weighted by atomic mass is 16.5. The van der Waals surface area contributed by atoms with Gasteiger partial charge in [0.15, 0.2) is 0 Å². The molecule has 0 amide bonds. The molecular weight excluding hydrogens is 330 g/mol. The summed E-state index contributed by atoms with van der Waals surface area (Å²) in [6, 6.07) is 3.86. The van der Waals surface area contributed by atoms with E-state index in [1.807, 2.05) is 6.92 Å². The lowest BCUT2D eigenvalue weighted by molar-refractivity contribution is 0.396. The van der Waals surface area contributed by atoms with E-state index in [2.05, 4.69) is 35.7 Å². The molecule has 2 fully saturated rings. The fourth-order valence-electron chi connectivity index (χ4n) is 3.49. The van der Waals surface area contributed by atoms with Gasteiger partial charge in [-0.2, -0.15) is 9.97 Å². The van der Waals surface area contributed by atoms with E-state index in [0.717, 1.165) is 56.7 Å². The van der Waals surface area contributed by atoms with Crippen molar-refractivity contribution in [3.63, 3.8) is 0 Å². The Hall–Kier alpha value is -2.64. The van der Waals surface area contributed by atoms with Gasteiger partial charge in [-0.1, -0.05) is 0 Å². The molecule has 4 rings (SSSR count). The average molecular weight is 355 g/mol. The second-order valence-electron chi connectivity index (χ2n) is 6.73. The molecule has 26 heavy (non-hydrogen) atoms. The van der Waals surface area contributed by atoms with Crippen LogP contribution in [0.15, 0.2) is 18.3 Å². The zero-order valence-electron chi connectivity index (χ0n) is 15.4. The van der Waals surface area contributed by atoms with Gasteiger partial charge in [-0.05, 0) is 19.8 Å². The molecule has 8 nitrogen and oxygen atoms in total. The lowest BCUT2D eigenvalue weighted by atomic mass is 10.3. The Kier molecular flexibility index (Phi) is 4.73. The maximum Gasteiger partial charge on any atom is 0.228 e. The Morgan fingerprint density at radius 2 is 1.54 bits per heavy atom. The number of hydrogen-bond donors (Lipinski definition) is 0. The highest BCUT2D eigenvalue weighted by Gasteiger charge is 2.23. The zero-order valence-corrected chi connectivity index (χ0v) is 15.4. The zero-order chi connectivity index (χ0) is 17.9. The Morgan fingerprint density at radius 1 is 0.846 bits per heavy atom. The number of methoxy groups -OCH3 is 1. The van der Waals surface area contributed by atoms with Gasteiger partial charge >= 0.3 is 0 Å². The minimum Gasteiger partial charge on any atom is -0.481 e. The lowest BCUT2D eigenvalue weighted by Gasteiger charge is -2.35. The van der Waals surface area contributed by atoms with Gasteiger partial charge in [0, 0.05) is 63.3 Å². The van der Waals surface area contributed by atoms with Crippen LogP contribution in [0, 0.1) is 6.92 Å². The van der Waals surface area contributed by atoms with Crippen molar-refractivity contribution in [3.8, 4) is 5.88 Å². The van der Waals surface area contributed by atoms with Crippen molar-refractivity contribution in [2.45, 2.75) is 19.8 Å². The van der Waals surface area contributed by atoms with Crippen molar-refractivity contribution in [3.05, 3.63) is 24.0 Å². The van der Waals surface area contributed by atoms with E-state index < -0.39 is 0 Å². The number of aryl methyl sites for hydroxylation is 1. The molecule has 4 heterocycles. The third kappa shape index (κ3) is 3.49. The summed E-state index contributed by atoms with van der Waals surface area (Å²) < 4.78 is 5.20. The monoisotopic (exact) mass is 355 g/mol. The van der Waals surface area contributed by atoms with Gasteiger partial charge in [0.25, 0.3) is 0 Å². The van der Waals surface area contributed by atoms with Gasteiger partial charge in [0.2, 0.25) is 17.8 Å². The van der Waals surface area contributed by atoms with Crippen molar-refractivity contribution in [1.29, 1.82) is 0 Å². The summed E-state index contributed by atoms with van der Waals surface area (Å²) >= 11 is 0. The molecule has 0 radical (unpaired) electrons. The summed E-state index contributed by atoms with van der Waals surface area (Å²) in [5.41, 5.74) is 1.02. The molecule has 2 aromatic heterocycles. The van der Waals surface area contributed by atoms with E-state index in [9.17, 15) is 0 Å². The molecule has 0 unspecified atom stereocenters. The Balaban J connectivity index is 1.46. The molecule has 8 heteroatoms. The maximum atomic E-state index is 5.20. The molecular formula is C18H25N7O. The van der Waals surface area contributed by atoms with E-state index in [1.54, 1.807) is 19.4 Å². The van der Waals surface area contributed by atoms with Crippen LogP contribution in [0.2, 0.25) is 0 Å². The first-order valence-corrected chi connectivity index (χ1v) is 9.20. The number of anilines is 3. The predicted octanol–water partition coefficient (Wildman–Crippen LogP) is 1.51. The molecule has 138 valence electrons. The van der Waals surface area contributed by atoms with Crippen LogP contribution in [0.3, 0.4) is 0 Å². The molecule has 0 aliphatic carbocycles. The largest absolute Gasteiger partial charge is 0.481 e. The maximum absolute atomic E-state index is 5.20. The number of aromatic nitrogens is 4. The first-order chi connectivity index (χ1) is 12.7. The van der Waals surface area contributed by atoms with Crippen LogP contribution in [0.4, 0.5) is 17.7 Å². The fraction of sp³-hybridized carbons (Fsp3) is 0.556. The molecule has 2 aromatic rings. The first kappa shape index (κ1) is 16.8. The Bertz CT molecular complexity index is 755. The number of piperazine rings is 1. The van der Waals surface area contributed by atoms with Crippen LogP contribution < -0.4 is 19.4 Å². The molecule has 2 aliphatic heterocycles. The van der Waals surface area contributed by atoms with E-state index in [-0.39, 0.29) is 0 Å². The van der Waals surface area contributed by atoms with Crippen molar-refractivity contribution in [2.75, 3.05) is 61.1 Å². The number of ether oxygens (including phenoxy) is 1. The van der Waals surface area contributed by atoms with Crippen molar-refractivity contribution in [2.24, 2.45) is 0 Å². The normalized spacial score (nSPS) is 17.7. The summed E-state index contributed by atoms with van der Waals surface area (Å²) in [7, 11) is 1.62. The van der Waals surface area contributed by atoms with Gasteiger partial charge in [0.05, 0.1) is 7.11 Å². The summed E-state index contributed by atoms with van der Waals surface area (Å²) in [4.78, 5) is 25.1. The van der Waals surface area contributed by atoms with Crippen LogP contribution in [-0.2, 0) is 0 Å². The summed E-state index contributed by atoms with van der Waals surface area (Å²) in [6.07, 6.45) is 4.23. The summed E-state index contributed by atoms with van der Waals surface area (Å²) in [5.74, 6) is 3.20. The second-order valence-corrected chi connectivity index (χ2v) is 6.73. The van der Waals surface area contributed by atoms with Gasteiger partial charge in [0.1, 0.15) is 5.82 Å². The first-order valence-electron chi connectivity index (χ1n) is 9.20. The van der Waals surface area contributed by atoms with Crippen LogP contribution in [0.25, 0.3) is 0 Å². The van der Waals surface area contributed by atoms with Crippen LogP contribution in [-0.4, -0.2) is 66.3 Å². The van der Waals surface area contributed by atoms with Crippen LogP contribution in [0.5, 0.6) is 5.88 Å². The molecule has 2 aliphatic rings. The smallest absolute Gasteiger partial charge is 0.228 e. The SMILES string of the molecule is COc1ccnc(N2CCN(c3nc(C)cc(N4CCCC4)n3)CC2)n1. The highest BCUT2D eigenvalue weighted by Crippen LogP contribution is 2.23. The Labute approximate surface area is 153 Å². The molecule has 2 saturated heterocycles. The van der Waals surface area contributed by atoms with Crippen molar-refractivity contribution in [1.82, 2.24) is 19.9 Å². The van der Waals surface area contributed by atoms with Crippen LogP contribution >= 0.6 is 0 Å². The van der Waals surface area contributed by atoms with E-state index >= 15 is 0 Å². The number of hydrogen-bond acceptors (Lipinski definition) is 8. The minimum atomic E-state index is 0.592. The standard InChI is InChI=1S/C18H25N7O/c1-14-13-15(23-7-3-4-8-23)21-18(20-14)25-11-9-24(10-12-25)17-19-6-5-16(22-17)26-2/h5-6,13H,3-4,7-12H2,1-2H3. The minimum absolute atomic E-state index is 0.592. The molecule has 0 saturated carbocycles. The quantitative estimate of drug-likeness (QED) is 0.817. The van der Waals surface area contributed by atoms with Gasteiger partial charge in [-0.3, -0.25) is 0 Å². The fourth-order valence-corrected chi connectivity index (χ4v) is 3.49. The highest BCUT2D eigenvalue weighted by molar-refractivity contribution is 5.47. The number of nitrogens with zero attached hydrogens (tertiary/aromatic N) is 7. The second kappa shape index (κ2) is 7.31. The van der Waals surface area contributed by atoms with E-state index in [4.69, 9.17) is 9.72 Å². The molecule has 0 spiro atoms. The van der Waals surface area contributed by atoms with Crippen molar-refractivity contribution >= 4 is 17.7 Å². The molecule has 0 bridgehead atoms. The van der Waals surface area contributed by atoms with Crippen molar-refractivity contribution < 1.29 is 4.74 Å². The predicted molar refractivity (Wildman–Crippen MR) is 101 cm³/mol. The molecule has 0 atom stereocenters. The summed E-state index contributed by atoms with van der Waals surface area (Å²) in [6.45, 7) is 7.61. The third-order valence-corrected chi connectivity index (χ3v) is 4.93. The number of rotatable bonds is 4. The van der Waals surface area contributed by atoms with Gasteiger partial charge in [-0.25, -0.2) is 9.97 Å². The molecule has 0 N–H and O–H groups in total. The Morgan fingerprint density at radius 3 is 2.23 bits per heavy atom. The van der Waals surface area contributed by atoms with Crippen LogP contribution in [0.1, 0.15) is 18.5 Å². The topological polar surface area (TPSA) is 70.5 Å². The molecule has 0 aromatic carbocycles. The third-order valence-electron chi connectivity index (χ3n) is 4.93. The average Bonchev–Trinajstić information content (AvgIpc) is 3.23. The lowest BCUT2D eigenvalue weighted by Crippen LogP contribution is -2.47. The van der Waals surface area contributed by atoms with Gasteiger partial charge < -0.3 is 19.4 Å². The summed E-state index contributed by atoms with van der Waals surface area (Å²) in [5, 5.41) is 0. The van der Waals surface area contributed by atoms with E-state index in [1.165, 1.54) is 12.8 Å². The van der Waals surface area contributed by atoms with E-state index in [0.29, 0.717) is 11.8 Å². The van der Waals surface area contributed by atoms with Gasteiger partial charge in [-0.15, -0.1) is 0 Å².